The Labute approximate surface area is 132 Å². The molecule has 0 unspecified atom stereocenters. The summed E-state index contributed by atoms with van der Waals surface area (Å²) in [6.45, 7) is 4.35. The average Bonchev–Trinajstić information content (AvgIpc) is 3.09. The van der Waals surface area contributed by atoms with Crippen molar-refractivity contribution in [3.63, 3.8) is 0 Å². The lowest BCUT2D eigenvalue weighted by molar-refractivity contribution is 0.0831. The van der Waals surface area contributed by atoms with Crippen molar-refractivity contribution in [1.82, 2.24) is 10.1 Å². The first-order valence-electron chi connectivity index (χ1n) is 6.91. The summed E-state index contributed by atoms with van der Waals surface area (Å²) in [5, 5.41) is 4.79. The van der Waals surface area contributed by atoms with Gasteiger partial charge in [0.2, 0.25) is 0 Å². The van der Waals surface area contributed by atoms with E-state index >= 15 is 0 Å². The molecule has 22 heavy (non-hydrogen) atoms. The second-order valence-electron chi connectivity index (χ2n) is 5.03. The van der Waals surface area contributed by atoms with E-state index in [-0.39, 0.29) is 11.7 Å². The highest BCUT2D eigenvalue weighted by atomic mass is 32.2. The smallest absolute Gasteiger partial charge is 0.258 e. The molecule has 0 bridgehead atoms. The zero-order chi connectivity index (χ0) is 15.7. The number of nitrogens with zero attached hydrogens (tertiary/aromatic N) is 2. The van der Waals surface area contributed by atoms with Gasteiger partial charge in [-0.2, -0.15) is 0 Å². The van der Waals surface area contributed by atoms with E-state index in [2.05, 4.69) is 5.16 Å². The number of thioether (sulfide) groups is 1. The highest BCUT2D eigenvalue weighted by Gasteiger charge is 2.26. The lowest BCUT2D eigenvalue weighted by Gasteiger charge is -2.17. The second-order valence-corrected chi connectivity index (χ2v) is 6.15. The Kier molecular flexibility index (Phi) is 4.02. The van der Waals surface area contributed by atoms with E-state index in [1.807, 2.05) is 19.9 Å². The Morgan fingerprint density at radius 1 is 1.36 bits per heavy atom. The summed E-state index contributed by atoms with van der Waals surface area (Å²) in [5.41, 5.74) is 2.18. The molecule has 0 saturated carbocycles. The molecule has 4 nitrogen and oxygen atoms in total. The van der Waals surface area contributed by atoms with E-state index in [0.717, 1.165) is 27.8 Å². The summed E-state index contributed by atoms with van der Waals surface area (Å²) in [6, 6.07) is 5.62. The van der Waals surface area contributed by atoms with Crippen molar-refractivity contribution in [2.45, 2.75) is 13.8 Å². The maximum absolute atomic E-state index is 13.0. The fraction of sp³-hybridized carbons (Fsp3) is 0.250. The fourth-order valence-electron chi connectivity index (χ4n) is 2.32. The van der Waals surface area contributed by atoms with E-state index in [1.165, 1.54) is 24.3 Å². The SMILES string of the molecule is Cc1noc(C)c1/C=C1/SCCN1C(=O)c1ccc(F)cc1. The molecule has 1 aromatic heterocycles. The van der Waals surface area contributed by atoms with Crippen molar-refractivity contribution < 1.29 is 13.7 Å². The number of hydrogen-bond donors (Lipinski definition) is 0. The van der Waals surface area contributed by atoms with Crippen molar-refractivity contribution in [2.75, 3.05) is 12.3 Å². The summed E-state index contributed by atoms with van der Waals surface area (Å²) in [6.07, 6.45) is 1.93. The van der Waals surface area contributed by atoms with Gasteiger partial charge in [0.1, 0.15) is 11.6 Å². The van der Waals surface area contributed by atoms with E-state index in [0.29, 0.717) is 12.1 Å². The quantitative estimate of drug-likeness (QED) is 0.848. The van der Waals surface area contributed by atoms with Crippen LogP contribution in [0.1, 0.15) is 27.4 Å². The Morgan fingerprint density at radius 3 is 2.73 bits per heavy atom. The molecular formula is C16H15FN2O2S. The van der Waals surface area contributed by atoms with Gasteiger partial charge in [0.05, 0.1) is 10.7 Å². The minimum Gasteiger partial charge on any atom is -0.361 e. The van der Waals surface area contributed by atoms with Gasteiger partial charge in [-0.05, 0) is 44.2 Å². The molecule has 0 aliphatic carbocycles. The van der Waals surface area contributed by atoms with Gasteiger partial charge in [0.25, 0.3) is 5.91 Å². The second kappa shape index (κ2) is 5.96. The summed E-state index contributed by atoms with van der Waals surface area (Å²) in [7, 11) is 0. The number of carbonyl (C=O) groups is 1. The molecular weight excluding hydrogens is 303 g/mol. The van der Waals surface area contributed by atoms with Gasteiger partial charge in [-0.25, -0.2) is 4.39 Å². The van der Waals surface area contributed by atoms with Crippen LogP contribution in [0.15, 0.2) is 33.8 Å². The van der Waals surface area contributed by atoms with Crippen LogP contribution in [0.25, 0.3) is 6.08 Å². The minimum atomic E-state index is -0.348. The van der Waals surface area contributed by atoms with Gasteiger partial charge in [-0.3, -0.25) is 4.79 Å². The molecule has 0 N–H and O–H groups in total. The first-order chi connectivity index (χ1) is 10.6. The minimum absolute atomic E-state index is 0.122. The van der Waals surface area contributed by atoms with Crippen LogP contribution in [-0.2, 0) is 0 Å². The van der Waals surface area contributed by atoms with Crippen LogP contribution in [0.5, 0.6) is 0 Å². The van der Waals surface area contributed by atoms with Crippen LogP contribution in [0, 0.1) is 19.7 Å². The van der Waals surface area contributed by atoms with E-state index in [4.69, 9.17) is 4.52 Å². The highest BCUT2D eigenvalue weighted by Crippen LogP contribution is 2.32. The first-order valence-corrected chi connectivity index (χ1v) is 7.89. The highest BCUT2D eigenvalue weighted by molar-refractivity contribution is 8.03. The molecule has 1 aromatic carbocycles. The normalized spacial score (nSPS) is 16.5. The summed E-state index contributed by atoms with van der Waals surface area (Å²) >= 11 is 1.61. The third-order valence-corrected chi connectivity index (χ3v) is 4.54. The monoisotopic (exact) mass is 318 g/mol. The summed E-state index contributed by atoms with van der Waals surface area (Å²) in [5.74, 6) is 1.09. The number of rotatable bonds is 2. The maximum atomic E-state index is 13.0. The number of hydrogen-bond acceptors (Lipinski definition) is 4. The van der Waals surface area contributed by atoms with Crippen molar-refractivity contribution in [1.29, 1.82) is 0 Å². The van der Waals surface area contributed by atoms with Crippen LogP contribution < -0.4 is 0 Å². The van der Waals surface area contributed by atoms with E-state index in [1.54, 1.807) is 16.7 Å². The number of aromatic nitrogens is 1. The first kappa shape index (κ1) is 14.8. The van der Waals surface area contributed by atoms with Gasteiger partial charge in [0, 0.05) is 23.4 Å². The molecule has 0 spiro atoms. The van der Waals surface area contributed by atoms with Crippen molar-refractivity contribution >= 4 is 23.7 Å². The number of halogens is 1. The predicted octanol–water partition coefficient (Wildman–Crippen LogP) is 3.62. The number of carbonyl (C=O) groups excluding carboxylic acids is 1. The lowest BCUT2D eigenvalue weighted by Crippen LogP contribution is -2.26. The van der Waals surface area contributed by atoms with E-state index in [9.17, 15) is 9.18 Å². The average molecular weight is 318 g/mol. The standard InChI is InChI=1S/C16H15FN2O2S/c1-10-14(11(2)21-18-10)9-15-19(7-8-22-15)16(20)12-3-5-13(17)6-4-12/h3-6,9H,7-8H2,1-2H3/b15-9+. The zero-order valence-electron chi connectivity index (χ0n) is 12.3. The van der Waals surface area contributed by atoms with Crippen LogP contribution in [0.2, 0.25) is 0 Å². The van der Waals surface area contributed by atoms with E-state index < -0.39 is 0 Å². The molecule has 114 valence electrons. The van der Waals surface area contributed by atoms with Crippen LogP contribution in [-0.4, -0.2) is 28.3 Å². The molecule has 0 radical (unpaired) electrons. The van der Waals surface area contributed by atoms with Crippen LogP contribution in [0.3, 0.4) is 0 Å². The topological polar surface area (TPSA) is 46.3 Å². The fourth-order valence-corrected chi connectivity index (χ4v) is 3.33. The third-order valence-electron chi connectivity index (χ3n) is 3.52. The Bertz CT molecular complexity index is 718. The largest absolute Gasteiger partial charge is 0.361 e. The zero-order valence-corrected chi connectivity index (χ0v) is 13.1. The maximum Gasteiger partial charge on any atom is 0.258 e. The molecule has 6 heteroatoms. The molecule has 3 rings (SSSR count). The third kappa shape index (κ3) is 2.78. The Hall–Kier alpha value is -2.08. The molecule has 1 fully saturated rings. The van der Waals surface area contributed by atoms with Crippen LogP contribution in [0.4, 0.5) is 4.39 Å². The lowest BCUT2D eigenvalue weighted by atomic mass is 10.2. The van der Waals surface area contributed by atoms with Gasteiger partial charge in [0.15, 0.2) is 0 Å². The molecule has 1 amide bonds. The molecule has 2 heterocycles. The molecule has 2 aromatic rings. The van der Waals surface area contributed by atoms with Crippen molar-refractivity contribution in [3.8, 4) is 0 Å². The number of aryl methyl sites for hydroxylation is 2. The molecule has 0 atom stereocenters. The number of amides is 1. The van der Waals surface area contributed by atoms with Gasteiger partial charge >= 0.3 is 0 Å². The van der Waals surface area contributed by atoms with Gasteiger partial charge in [-0.15, -0.1) is 11.8 Å². The van der Waals surface area contributed by atoms with Gasteiger partial charge < -0.3 is 9.42 Å². The Morgan fingerprint density at radius 2 is 2.09 bits per heavy atom. The molecule has 1 aliphatic rings. The number of benzene rings is 1. The van der Waals surface area contributed by atoms with Crippen LogP contribution >= 0.6 is 11.8 Å². The molecule has 1 aliphatic heterocycles. The Balaban J connectivity index is 1.90. The predicted molar refractivity (Wildman–Crippen MR) is 83.8 cm³/mol. The van der Waals surface area contributed by atoms with Crippen molar-refractivity contribution in [2.24, 2.45) is 0 Å². The van der Waals surface area contributed by atoms with Gasteiger partial charge in [-0.1, -0.05) is 5.16 Å². The molecule has 1 saturated heterocycles. The summed E-state index contributed by atoms with van der Waals surface area (Å²) in [4.78, 5) is 14.3. The van der Waals surface area contributed by atoms with Crippen molar-refractivity contribution in [3.05, 3.63) is 57.7 Å². The summed E-state index contributed by atoms with van der Waals surface area (Å²) < 4.78 is 18.1.